The van der Waals surface area contributed by atoms with Crippen LogP contribution in [0.4, 0.5) is 0 Å². The second kappa shape index (κ2) is 4.72. The highest BCUT2D eigenvalue weighted by molar-refractivity contribution is 8.00. The summed E-state index contributed by atoms with van der Waals surface area (Å²) < 4.78 is 0.415. The Morgan fingerprint density at radius 3 is 1.69 bits per heavy atom. The molecule has 0 saturated heterocycles. The van der Waals surface area contributed by atoms with E-state index in [0.717, 1.165) is 5.92 Å². The lowest BCUT2D eigenvalue weighted by atomic mass is 9.80. The zero-order chi connectivity index (χ0) is 10.7. The van der Waals surface area contributed by atoms with Crippen LogP contribution in [-0.2, 0) is 0 Å². The molecule has 0 aromatic carbocycles. The van der Waals surface area contributed by atoms with Crippen molar-refractivity contribution >= 4 is 11.8 Å². The minimum Gasteiger partial charge on any atom is -0.156 e. The van der Waals surface area contributed by atoms with E-state index in [1.807, 2.05) is 0 Å². The van der Waals surface area contributed by atoms with E-state index in [2.05, 4.69) is 60.2 Å². The van der Waals surface area contributed by atoms with Crippen molar-refractivity contribution in [2.24, 2.45) is 11.3 Å². The second-order valence-electron chi connectivity index (χ2n) is 5.89. The number of thioether (sulfide) groups is 1. The Bertz CT molecular complexity index is 136. The molecule has 0 aliphatic heterocycles. The van der Waals surface area contributed by atoms with E-state index >= 15 is 0 Å². The zero-order valence-electron chi connectivity index (χ0n) is 10.4. The summed E-state index contributed by atoms with van der Waals surface area (Å²) in [7, 11) is 0. The van der Waals surface area contributed by atoms with Crippen LogP contribution in [0.1, 0.15) is 54.9 Å². The van der Waals surface area contributed by atoms with E-state index in [9.17, 15) is 0 Å². The van der Waals surface area contributed by atoms with Crippen molar-refractivity contribution < 1.29 is 0 Å². The van der Waals surface area contributed by atoms with Gasteiger partial charge in [0.2, 0.25) is 0 Å². The molecule has 0 N–H and O–H groups in total. The van der Waals surface area contributed by atoms with Gasteiger partial charge in [-0.25, -0.2) is 0 Å². The summed E-state index contributed by atoms with van der Waals surface area (Å²) >= 11 is 2.09. The summed E-state index contributed by atoms with van der Waals surface area (Å²) in [5.41, 5.74) is 0.465. The maximum absolute atomic E-state index is 2.35. The molecular weight excluding hydrogens is 176 g/mol. The molecule has 0 spiro atoms. The first-order valence-electron chi connectivity index (χ1n) is 5.31. The summed E-state index contributed by atoms with van der Waals surface area (Å²) in [5, 5.41) is 0. The monoisotopic (exact) mass is 202 g/mol. The molecule has 0 radical (unpaired) electrons. The van der Waals surface area contributed by atoms with Crippen LogP contribution in [0.3, 0.4) is 0 Å². The molecule has 0 bridgehead atoms. The average Bonchev–Trinajstić information content (AvgIpc) is 1.82. The minimum absolute atomic E-state index is 0.415. The molecule has 0 aromatic rings. The van der Waals surface area contributed by atoms with E-state index in [1.165, 1.54) is 12.2 Å². The van der Waals surface area contributed by atoms with Gasteiger partial charge in [0.1, 0.15) is 0 Å². The largest absolute Gasteiger partial charge is 0.156 e. The lowest BCUT2D eigenvalue weighted by Crippen LogP contribution is -2.24. The third-order valence-corrected chi connectivity index (χ3v) is 3.87. The van der Waals surface area contributed by atoms with Gasteiger partial charge in [0.15, 0.2) is 0 Å². The van der Waals surface area contributed by atoms with Crippen molar-refractivity contribution in [1.82, 2.24) is 0 Å². The van der Waals surface area contributed by atoms with Gasteiger partial charge in [-0.1, -0.05) is 54.9 Å². The Balaban J connectivity index is 4.02. The second-order valence-corrected chi connectivity index (χ2v) is 7.74. The van der Waals surface area contributed by atoms with Crippen molar-refractivity contribution in [3.63, 3.8) is 0 Å². The lowest BCUT2D eigenvalue weighted by molar-refractivity contribution is 0.259. The van der Waals surface area contributed by atoms with Crippen LogP contribution in [-0.4, -0.2) is 10.5 Å². The van der Waals surface area contributed by atoms with Gasteiger partial charge in [-0.3, -0.25) is 0 Å². The number of hydrogen-bond acceptors (Lipinski definition) is 1. The van der Waals surface area contributed by atoms with E-state index in [0.29, 0.717) is 10.2 Å². The Morgan fingerprint density at radius 2 is 1.46 bits per heavy atom. The smallest absolute Gasteiger partial charge is 0.00752 e. The number of rotatable bonds is 3. The third-order valence-electron chi connectivity index (χ3n) is 2.44. The van der Waals surface area contributed by atoms with Crippen molar-refractivity contribution in [3.8, 4) is 0 Å². The van der Waals surface area contributed by atoms with Gasteiger partial charge in [0.05, 0.1) is 0 Å². The minimum atomic E-state index is 0.415. The van der Waals surface area contributed by atoms with E-state index in [4.69, 9.17) is 0 Å². The lowest BCUT2D eigenvalue weighted by Gasteiger charge is -2.31. The predicted octanol–water partition coefficient (Wildman–Crippen LogP) is 4.59. The van der Waals surface area contributed by atoms with E-state index < -0.39 is 0 Å². The van der Waals surface area contributed by atoms with Gasteiger partial charge in [-0.15, -0.1) is 0 Å². The van der Waals surface area contributed by atoms with E-state index in [1.54, 1.807) is 0 Å². The Kier molecular flexibility index (Phi) is 4.85. The first kappa shape index (κ1) is 13.4. The fraction of sp³-hybridized carbons (Fsp3) is 1.00. The maximum atomic E-state index is 2.35. The standard InChI is InChI=1S/C12H26S/c1-8-10(11(2,3)4)9-13-12(5,6)7/h10H,8-9H2,1-7H3. The SMILES string of the molecule is CCC(CSC(C)(C)C)C(C)(C)C. The van der Waals surface area contributed by atoms with Crippen LogP contribution < -0.4 is 0 Å². The molecule has 0 aliphatic rings. The zero-order valence-corrected chi connectivity index (χ0v) is 11.2. The highest BCUT2D eigenvalue weighted by Gasteiger charge is 2.24. The van der Waals surface area contributed by atoms with Gasteiger partial charge in [0.25, 0.3) is 0 Å². The molecular formula is C12H26S. The topological polar surface area (TPSA) is 0 Å². The quantitative estimate of drug-likeness (QED) is 0.645. The van der Waals surface area contributed by atoms with E-state index in [-0.39, 0.29) is 0 Å². The Labute approximate surface area is 88.9 Å². The van der Waals surface area contributed by atoms with Crippen LogP contribution in [0, 0.1) is 11.3 Å². The molecule has 13 heavy (non-hydrogen) atoms. The van der Waals surface area contributed by atoms with Gasteiger partial charge in [-0.2, -0.15) is 11.8 Å². The number of hydrogen-bond donors (Lipinski definition) is 0. The van der Waals surface area contributed by atoms with Gasteiger partial charge in [0, 0.05) is 4.75 Å². The molecule has 1 unspecified atom stereocenters. The van der Waals surface area contributed by atoms with Crippen molar-refractivity contribution in [2.75, 3.05) is 5.75 Å². The van der Waals surface area contributed by atoms with Crippen molar-refractivity contribution in [2.45, 2.75) is 59.6 Å². The van der Waals surface area contributed by atoms with Crippen LogP contribution in [0.25, 0.3) is 0 Å². The first-order valence-corrected chi connectivity index (χ1v) is 6.29. The Hall–Kier alpha value is 0.350. The molecule has 1 atom stereocenters. The van der Waals surface area contributed by atoms with Crippen LogP contribution in [0.5, 0.6) is 0 Å². The molecule has 80 valence electrons. The summed E-state index contributed by atoms with van der Waals surface area (Å²) in [6, 6.07) is 0. The van der Waals surface area contributed by atoms with Gasteiger partial charge < -0.3 is 0 Å². The summed E-state index contributed by atoms with van der Waals surface area (Å²) in [6.07, 6.45) is 1.30. The summed E-state index contributed by atoms with van der Waals surface area (Å²) in [5.74, 6) is 2.14. The Morgan fingerprint density at radius 1 is 1.00 bits per heavy atom. The molecule has 0 saturated carbocycles. The predicted molar refractivity (Wildman–Crippen MR) is 65.4 cm³/mol. The van der Waals surface area contributed by atoms with Gasteiger partial charge in [-0.05, 0) is 17.1 Å². The van der Waals surface area contributed by atoms with Crippen LogP contribution >= 0.6 is 11.8 Å². The molecule has 0 aromatic heterocycles. The molecule has 0 nitrogen and oxygen atoms in total. The highest BCUT2D eigenvalue weighted by atomic mass is 32.2. The normalized spacial score (nSPS) is 15.9. The average molecular weight is 202 g/mol. The highest BCUT2D eigenvalue weighted by Crippen LogP contribution is 2.35. The molecule has 0 fully saturated rings. The molecule has 0 rings (SSSR count). The van der Waals surface area contributed by atoms with Crippen molar-refractivity contribution in [3.05, 3.63) is 0 Å². The van der Waals surface area contributed by atoms with Gasteiger partial charge >= 0.3 is 0 Å². The molecule has 0 heterocycles. The van der Waals surface area contributed by atoms with Crippen LogP contribution in [0.2, 0.25) is 0 Å². The molecule has 1 heteroatoms. The first-order chi connectivity index (χ1) is 5.67. The summed E-state index contributed by atoms with van der Waals surface area (Å²) in [4.78, 5) is 0. The molecule has 0 aliphatic carbocycles. The summed E-state index contributed by atoms with van der Waals surface area (Å²) in [6.45, 7) is 16.3. The third kappa shape index (κ3) is 6.42. The fourth-order valence-electron chi connectivity index (χ4n) is 1.33. The van der Waals surface area contributed by atoms with Crippen molar-refractivity contribution in [1.29, 1.82) is 0 Å². The maximum Gasteiger partial charge on any atom is 0.00752 e. The fourth-order valence-corrected chi connectivity index (χ4v) is 2.77. The molecule has 0 amide bonds. The van der Waals surface area contributed by atoms with Crippen LogP contribution in [0.15, 0.2) is 0 Å².